The summed E-state index contributed by atoms with van der Waals surface area (Å²) >= 11 is 0. The number of amides is 3. The molecule has 1 rings (SSSR count). The Balaban J connectivity index is 3.00. The van der Waals surface area contributed by atoms with Crippen molar-refractivity contribution in [2.45, 2.75) is 56.3 Å². The van der Waals surface area contributed by atoms with Crippen LogP contribution in [0.2, 0.25) is 0 Å². The van der Waals surface area contributed by atoms with Crippen molar-refractivity contribution >= 4 is 41.6 Å². The monoisotopic (exact) mass is 524 g/mol. The zero-order chi connectivity index (χ0) is 28.1. The first-order chi connectivity index (χ1) is 17.3. The Bertz CT molecular complexity index is 1020. The van der Waals surface area contributed by atoms with Gasteiger partial charge in [-0.25, -0.2) is 4.79 Å². The molecular formula is C22H28N4O11. The smallest absolute Gasteiger partial charge is 0.326 e. The molecule has 0 fully saturated rings. The van der Waals surface area contributed by atoms with Gasteiger partial charge in [0.25, 0.3) is 0 Å². The molecule has 0 aliphatic carbocycles. The Morgan fingerprint density at radius 2 is 1.14 bits per heavy atom. The number of carbonyl (C=O) groups is 7. The average Bonchev–Trinajstić information content (AvgIpc) is 2.80. The molecule has 9 N–H and O–H groups in total. The molecule has 0 aromatic heterocycles. The molecule has 0 heterocycles. The lowest BCUT2D eigenvalue weighted by Crippen LogP contribution is -2.58. The Morgan fingerprint density at radius 1 is 0.676 bits per heavy atom. The van der Waals surface area contributed by atoms with Crippen molar-refractivity contribution in [2.75, 3.05) is 0 Å². The lowest BCUT2D eigenvalue weighted by atomic mass is 10.0. The minimum absolute atomic E-state index is 0.151. The number of nitrogens with one attached hydrogen (secondary N) is 3. The van der Waals surface area contributed by atoms with Gasteiger partial charge in [0.05, 0.1) is 18.9 Å². The molecule has 37 heavy (non-hydrogen) atoms. The van der Waals surface area contributed by atoms with Crippen LogP contribution in [-0.4, -0.2) is 86.2 Å². The molecule has 0 radical (unpaired) electrons. The van der Waals surface area contributed by atoms with Crippen LogP contribution in [-0.2, 0) is 40.0 Å². The van der Waals surface area contributed by atoms with Crippen molar-refractivity contribution in [1.29, 1.82) is 0 Å². The molecule has 3 amide bonds. The predicted molar refractivity (Wildman–Crippen MR) is 123 cm³/mol. The van der Waals surface area contributed by atoms with Crippen molar-refractivity contribution in [3.05, 3.63) is 35.9 Å². The number of carboxylic acids is 4. The van der Waals surface area contributed by atoms with E-state index in [1.54, 1.807) is 30.3 Å². The van der Waals surface area contributed by atoms with Gasteiger partial charge in [0, 0.05) is 12.8 Å². The Labute approximate surface area is 210 Å². The van der Waals surface area contributed by atoms with Gasteiger partial charge in [-0.2, -0.15) is 0 Å². The Kier molecular flexibility index (Phi) is 12.2. The van der Waals surface area contributed by atoms with E-state index in [2.05, 4.69) is 5.32 Å². The molecule has 15 heteroatoms. The second kappa shape index (κ2) is 14.8. The second-order valence-corrected chi connectivity index (χ2v) is 7.95. The highest BCUT2D eigenvalue weighted by atomic mass is 16.4. The van der Waals surface area contributed by atoms with Gasteiger partial charge in [-0.3, -0.25) is 28.8 Å². The Morgan fingerprint density at radius 3 is 1.57 bits per heavy atom. The van der Waals surface area contributed by atoms with Crippen molar-refractivity contribution in [3.63, 3.8) is 0 Å². The molecule has 0 spiro atoms. The van der Waals surface area contributed by atoms with E-state index in [1.165, 1.54) is 0 Å². The third kappa shape index (κ3) is 11.6. The zero-order valence-electron chi connectivity index (χ0n) is 19.5. The molecule has 0 saturated heterocycles. The van der Waals surface area contributed by atoms with E-state index >= 15 is 0 Å². The van der Waals surface area contributed by atoms with E-state index < -0.39 is 85.0 Å². The van der Waals surface area contributed by atoms with Gasteiger partial charge in [0.1, 0.15) is 18.1 Å². The van der Waals surface area contributed by atoms with Crippen molar-refractivity contribution < 1.29 is 54.0 Å². The number of hydrogen-bond acceptors (Lipinski definition) is 8. The quantitative estimate of drug-likeness (QED) is 0.116. The van der Waals surface area contributed by atoms with Crippen molar-refractivity contribution in [2.24, 2.45) is 5.73 Å². The molecule has 15 nitrogen and oxygen atoms in total. The number of aliphatic carboxylic acids is 4. The fraction of sp³-hybridized carbons (Fsp3) is 0.409. The highest BCUT2D eigenvalue weighted by molar-refractivity contribution is 5.96. The SMILES string of the molecule is NC(CCC(=O)O)C(=O)NC(CC(=O)O)C(=O)NC(CC(=O)O)C(=O)NC(Cc1ccccc1)C(=O)O. The van der Waals surface area contributed by atoms with Crippen LogP contribution in [0.1, 0.15) is 31.2 Å². The van der Waals surface area contributed by atoms with Gasteiger partial charge >= 0.3 is 23.9 Å². The third-order valence-corrected chi connectivity index (χ3v) is 4.93. The van der Waals surface area contributed by atoms with Crippen LogP contribution < -0.4 is 21.7 Å². The summed E-state index contributed by atoms with van der Waals surface area (Å²) in [6.07, 6.45) is -2.90. The minimum atomic E-state index is -1.82. The number of benzene rings is 1. The second-order valence-electron chi connectivity index (χ2n) is 7.95. The van der Waals surface area contributed by atoms with Crippen LogP contribution >= 0.6 is 0 Å². The molecular weight excluding hydrogens is 496 g/mol. The Hall–Kier alpha value is -4.53. The molecule has 0 saturated carbocycles. The number of carbonyl (C=O) groups excluding carboxylic acids is 3. The summed E-state index contributed by atoms with van der Waals surface area (Å²) < 4.78 is 0. The van der Waals surface area contributed by atoms with Crippen LogP contribution in [0.4, 0.5) is 0 Å². The highest BCUT2D eigenvalue weighted by Gasteiger charge is 2.32. The zero-order valence-corrected chi connectivity index (χ0v) is 19.5. The van der Waals surface area contributed by atoms with E-state index in [-0.39, 0.29) is 12.8 Å². The van der Waals surface area contributed by atoms with Gasteiger partial charge in [0.2, 0.25) is 17.7 Å². The lowest BCUT2D eigenvalue weighted by molar-refractivity contribution is -0.145. The average molecular weight is 524 g/mol. The first-order valence-corrected chi connectivity index (χ1v) is 10.9. The van der Waals surface area contributed by atoms with E-state index in [0.717, 1.165) is 0 Å². The maximum absolute atomic E-state index is 12.7. The molecule has 1 aromatic rings. The lowest BCUT2D eigenvalue weighted by Gasteiger charge is -2.24. The van der Waals surface area contributed by atoms with Crippen molar-refractivity contribution in [1.82, 2.24) is 16.0 Å². The van der Waals surface area contributed by atoms with Gasteiger partial charge in [-0.05, 0) is 12.0 Å². The summed E-state index contributed by atoms with van der Waals surface area (Å²) in [6, 6.07) is 1.71. The van der Waals surface area contributed by atoms with E-state index in [0.29, 0.717) is 5.56 Å². The van der Waals surface area contributed by atoms with Crippen LogP contribution in [0, 0.1) is 0 Å². The molecule has 1 aromatic carbocycles. The minimum Gasteiger partial charge on any atom is -0.481 e. The number of carboxylic acid groups (broad SMARTS) is 4. The fourth-order valence-electron chi connectivity index (χ4n) is 3.05. The van der Waals surface area contributed by atoms with Crippen LogP contribution in [0.5, 0.6) is 0 Å². The summed E-state index contributed by atoms with van der Waals surface area (Å²) in [5, 5.41) is 42.6. The van der Waals surface area contributed by atoms with Gasteiger partial charge < -0.3 is 42.1 Å². The van der Waals surface area contributed by atoms with Gasteiger partial charge in [-0.1, -0.05) is 30.3 Å². The molecule has 0 aliphatic rings. The molecule has 0 bridgehead atoms. The highest BCUT2D eigenvalue weighted by Crippen LogP contribution is 2.06. The maximum Gasteiger partial charge on any atom is 0.326 e. The van der Waals surface area contributed by atoms with Crippen LogP contribution in [0.3, 0.4) is 0 Å². The summed E-state index contributed by atoms with van der Waals surface area (Å²) in [4.78, 5) is 82.4. The van der Waals surface area contributed by atoms with Crippen molar-refractivity contribution in [3.8, 4) is 0 Å². The number of rotatable bonds is 16. The summed E-state index contributed by atoms with van der Waals surface area (Å²) in [7, 11) is 0. The number of hydrogen-bond donors (Lipinski definition) is 8. The summed E-state index contributed by atoms with van der Waals surface area (Å²) in [5.74, 6) is -9.20. The standard InChI is InChI=1S/C22H28N4O11/c23-12(6-7-16(27)28)19(33)24-13(9-17(29)30)20(34)25-14(10-18(31)32)21(35)26-15(22(36)37)8-11-4-2-1-3-5-11/h1-5,12-15H,6-10,23H2,(H,24,33)(H,25,34)(H,26,35)(H,27,28)(H,29,30)(H,31,32)(H,36,37). The van der Waals surface area contributed by atoms with Gasteiger partial charge in [0.15, 0.2) is 0 Å². The third-order valence-electron chi connectivity index (χ3n) is 4.93. The summed E-state index contributed by atoms with van der Waals surface area (Å²) in [6.45, 7) is 0. The molecule has 202 valence electrons. The van der Waals surface area contributed by atoms with Gasteiger partial charge in [-0.15, -0.1) is 0 Å². The molecule has 4 atom stereocenters. The normalized spacial score (nSPS) is 13.8. The maximum atomic E-state index is 12.7. The summed E-state index contributed by atoms with van der Waals surface area (Å²) in [5.41, 5.74) is 6.11. The predicted octanol–water partition coefficient (Wildman–Crippen LogP) is -2.09. The van der Waals surface area contributed by atoms with E-state index in [1.807, 2.05) is 10.6 Å². The van der Waals surface area contributed by atoms with Crippen LogP contribution in [0.15, 0.2) is 30.3 Å². The molecule has 4 unspecified atom stereocenters. The number of nitrogens with two attached hydrogens (primary N) is 1. The first kappa shape index (κ1) is 30.5. The van der Waals surface area contributed by atoms with Crippen LogP contribution in [0.25, 0.3) is 0 Å². The largest absolute Gasteiger partial charge is 0.481 e. The first-order valence-electron chi connectivity index (χ1n) is 10.9. The van der Waals surface area contributed by atoms with E-state index in [9.17, 15) is 38.7 Å². The van der Waals surface area contributed by atoms with E-state index in [4.69, 9.17) is 21.1 Å². The fourth-order valence-corrected chi connectivity index (χ4v) is 3.05. The molecule has 0 aliphatic heterocycles. The topological polar surface area (TPSA) is 263 Å².